The van der Waals surface area contributed by atoms with Gasteiger partial charge in [0.15, 0.2) is 0 Å². The van der Waals surface area contributed by atoms with Gasteiger partial charge < -0.3 is 15.1 Å². The summed E-state index contributed by atoms with van der Waals surface area (Å²) in [5.41, 5.74) is 2.70. The molecular weight excluding hydrogens is 326 g/mol. The largest absolute Gasteiger partial charge is 0.368 e. The summed E-state index contributed by atoms with van der Waals surface area (Å²) in [4.78, 5) is 28.3. The number of hydrogen-bond acceptors (Lipinski definition) is 3. The first-order chi connectivity index (χ1) is 12.6. The second-order valence-electron chi connectivity index (χ2n) is 8.17. The lowest BCUT2D eigenvalue weighted by Crippen LogP contribution is -2.48. The van der Waals surface area contributed by atoms with Crippen LogP contribution in [0.2, 0.25) is 0 Å². The van der Waals surface area contributed by atoms with Gasteiger partial charge in [0.25, 0.3) is 0 Å². The fraction of sp³-hybridized carbons (Fsp3) is 0.619. The minimum Gasteiger partial charge on any atom is -0.368 e. The van der Waals surface area contributed by atoms with Gasteiger partial charge in [0.05, 0.1) is 0 Å². The Bertz CT molecular complexity index is 688. The molecule has 1 aromatic rings. The van der Waals surface area contributed by atoms with Gasteiger partial charge in [0.2, 0.25) is 11.8 Å². The molecule has 3 aliphatic rings. The molecule has 1 N–H and O–H groups in total. The molecule has 140 valence electrons. The molecule has 3 fully saturated rings. The molecule has 5 nitrogen and oxygen atoms in total. The topological polar surface area (TPSA) is 52.7 Å². The van der Waals surface area contributed by atoms with Gasteiger partial charge in [-0.15, -0.1) is 0 Å². The minimum atomic E-state index is 0.149. The average molecular weight is 355 g/mol. The summed E-state index contributed by atoms with van der Waals surface area (Å²) in [6.45, 7) is 5.44. The van der Waals surface area contributed by atoms with Gasteiger partial charge in [-0.2, -0.15) is 0 Å². The lowest BCUT2D eigenvalue weighted by Gasteiger charge is -2.36. The van der Waals surface area contributed by atoms with Gasteiger partial charge in [0, 0.05) is 51.3 Å². The molecule has 1 aliphatic heterocycles. The maximum absolute atomic E-state index is 12.6. The van der Waals surface area contributed by atoms with Crippen molar-refractivity contribution in [1.29, 1.82) is 0 Å². The first-order valence-electron chi connectivity index (χ1n) is 9.95. The molecule has 1 unspecified atom stereocenters. The molecule has 26 heavy (non-hydrogen) atoms. The van der Waals surface area contributed by atoms with Crippen molar-refractivity contribution in [3.8, 4) is 0 Å². The molecule has 2 amide bonds. The maximum Gasteiger partial charge on any atom is 0.223 e. The molecule has 1 heterocycles. The van der Waals surface area contributed by atoms with Crippen LogP contribution in [0.1, 0.15) is 44.6 Å². The fourth-order valence-corrected chi connectivity index (χ4v) is 4.89. The maximum atomic E-state index is 12.6. The first-order valence-corrected chi connectivity index (χ1v) is 9.95. The van der Waals surface area contributed by atoms with E-state index in [0.717, 1.165) is 32.6 Å². The highest BCUT2D eigenvalue weighted by molar-refractivity contribution is 5.82. The second kappa shape index (κ2) is 6.93. The zero-order chi connectivity index (χ0) is 18.1. The summed E-state index contributed by atoms with van der Waals surface area (Å²) in [5.74, 6) is 0.634. The standard InChI is InChI=1S/C21H29N3O2/c1-16(25)23-10-12-24(13-11-23)19-7-3-2-6-17(19)15-22-20(26)18-14-21(18)8-4-5-9-21/h2-3,6-7,18H,4-5,8-15H2,1H3,(H,22,26). The van der Waals surface area contributed by atoms with Crippen LogP contribution in [0.5, 0.6) is 0 Å². The number of amides is 2. The molecule has 1 atom stereocenters. The number of hydrogen-bond donors (Lipinski definition) is 1. The van der Waals surface area contributed by atoms with Crippen molar-refractivity contribution in [2.45, 2.75) is 45.6 Å². The third-order valence-electron chi connectivity index (χ3n) is 6.62. The van der Waals surface area contributed by atoms with Gasteiger partial charge >= 0.3 is 0 Å². The van der Waals surface area contributed by atoms with Crippen molar-refractivity contribution in [1.82, 2.24) is 10.2 Å². The van der Waals surface area contributed by atoms with E-state index < -0.39 is 0 Å². The Balaban J connectivity index is 1.36. The molecular formula is C21H29N3O2. The van der Waals surface area contributed by atoms with Crippen LogP contribution in [0.3, 0.4) is 0 Å². The van der Waals surface area contributed by atoms with E-state index >= 15 is 0 Å². The minimum absolute atomic E-state index is 0.149. The summed E-state index contributed by atoms with van der Waals surface area (Å²) < 4.78 is 0. The molecule has 4 rings (SSSR count). The van der Waals surface area contributed by atoms with E-state index in [0.29, 0.717) is 12.0 Å². The molecule has 0 radical (unpaired) electrons. The molecule has 2 aliphatic carbocycles. The molecule has 5 heteroatoms. The van der Waals surface area contributed by atoms with Crippen LogP contribution in [0, 0.1) is 11.3 Å². The van der Waals surface area contributed by atoms with Crippen molar-refractivity contribution >= 4 is 17.5 Å². The lowest BCUT2D eigenvalue weighted by atomic mass is 10.0. The van der Waals surface area contributed by atoms with Crippen molar-refractivity contribution in [3.63, 3.8) is 0 Å². The smallest absolute Gasteiger partial charge is 0.223 e. The summed E-state index contributed by atoms with van der Waals surface area (Å²) in [6.07, 6.45) is 6.15. The van der Waals surface area contributed by atoms with Crippen LogP contribution >= 0.6 is 0 Å². The highest BCUT2D eigenvalue weighted by Gasteiger charge is 2.58. The van der Waals surface area contributed by atoms with Gasteiger partial charge in [-0.05, 0) is 36.3 Å². The second-order valence-corrected chi connectivity index (χ2v) is 8.17. The van der Waals surface area contributed by atoms with Crippen molar-refractivity contribution in [2.75, 3.05) is 31.1 Å². The van der Waals surface area contributed by atoms with Crippen LogP contribution < -0.4 is 10.2 Å². The predicted octanol–water partition coefficient (Wildman–Crippen LogP) is 2.55. The third-order valence-corrected chi connectivity index (χ3v) is 6.62. The number of nitrogens with one attached hydrogen (secondary N) is 1. The Labute approximate surface area is 155 Å². The zero-order valence-electron chi connectivity index (χ0n) is 15.7. The average Bonchev–Trinajstić information content (AvgIpc) is 3.16. The van der Waals surface area contributed by atoms with Crippen LogP contribution in [-0.4, -0.2) is 42.9 Å². The quantitative estimate of drug-likeness (QED) is 0.903. The number of anilines is 1. The van der Waals surface area contributed by atoms with E-state index in [2.05, 4.69) is 22.3 Å². The number of piperazine rings is 1. The zero-order valence-corrected chi connectivity index (χ0v) is 15.7. The monoisotopic (exact) mass is 355 g/mol. The van der Waals surface area contributed by atoms with E-state index in [4.69, 9.17) is 0 Å². The van der Waals surface area contributed by atoms with Gasteiger partial charge in [-0.3, -0.25) is 9.59 Å². The molecule has 1 aromatic carbocycles. The summed E-state index contributed by atoms with van der Waals surface area (Å²) in [6, 6.07) is 8.31. The highest BCUT2D eigenvalue weighted by Crippen LogP contribution is 2.62. The number of nitrogens with zero attached hydrogens (tertiary/aromatic N) is 2. The van der Waals surface area contributed by atoms with Crippen molar-refractivity contribution < 1.29 is 9.59 Å². The molecule has 0 bridgehead atoms. The normalized spacial score (nSPS) is 24.0. The number of rotatable bonds is 4. The Morgan fingerprint density at radius 2 is 1.81 bits per heavy atom. The van der Waals surface area contributed by atoms with Gasteiger partial charge in [-0.1, -0.05) is 31.0 Å². The Morgan fingerprint density at radius 3 is 2.50 bits per heavy atom. The molecule has 2 saturated carbocycles. The predicted molar refractivity (Wildman–Crippen MR) is 102 cm³/mol. The Hall–Kier alpha value is -2.04. The molecule has 0 aromatic heterocycles. The van der Waals surface area contributed by atoms with Crippen molar-refractivity contribution in [2.24, 2.45) is 11.3 Å². The number of benzene rings is 1. The third kappa shape index (κ3) is 3.31. The van der Waals surface area contributed by atoms with E-state index in [1.165, 1.54) is 36.9 Å². The summed E-state index contributed by atoms with van der Waals surface area (Å²) in [5, 5.41) is 3.19. The Kier molecular flexibility index (Phi) is 4.63. The molecule has 1 saturated heterocycles. The van der Waals surface area contributed by atoms with E-state index in [1.807, 2.05) is 17.0 Å². The summed E-state index contributed by atoms with van der Waals surface area (Å²) in [7, 11) is 0. The van der Waals surface area contributed by atoms with Gasteiger partial charge in [-0.25, -0.2) is 0 Å². The lowest BCUT2D eigenvalue weighted by molar-refractivity contribution is -0.129. The van der Waals surface area contributed by atoms with E-state index in [1.54, 1.807) is 6.92 Å². The summed E-state index contributed by atoms with van der Waals surface area (Å²) >= 11 is 0. The van der Waals surface area contributed by atoms with Crippen LogP contribution in [0.4, 0.5) is 5.69 Å². The van der Waals surface area contributed by atoms with Crippen LogP contribution in [0.25, 0.3) is 0 Å². The van der Waals surface area contributed by atoms with Crippen LogP contribution in [0.15, 0.2) is 24.3 Å². The van der Waals surface area contributed by atoms with E-state index in [9.17, 15) is 9.59 Å². The highest BCUT2D eigenvalue weighted by atomic mass is 16.2. The fourth-order valence-electron chi connectivity index (χ4n) is 4.89. The van der Waals surface area contributed by atoms with E-state index in [-0.39, 0.29) is 17.7 Å². The van der Waals surface area contributed by atoms with Crippen LogP contribution in [-0.2, 0) is 16.1 Å². The number of carbonyl (C=O) groups excluding carboxylic acids is 2. The van der Waals surface area contributed by atoms with Crippen molar-refractivity contribution in [3.05, 3.63) is 29.8 Å². The molecule has 1 spiro atoms. The van der Waals surface area contributed by atoms with Gasteiger partial charge in [0.1, 0.15) is 0 Å². The number of para-hydroxylation sites is 1. The first kappa shape index (κ1) is 17.4. The Morgan fingerprint density at radius 1 is 1.12 bits per heavy atom. The number of carbonyl (C=O) groups is 2. The SMILES string of the molecule is CC(=O)N1CCN(c2ccccc2CNC(=O)C2CC23CCCC3)CC1.